The highest BCUT2D eigenvalue weighted by molar-refractivity contribution is 5.81. The third kappa shape index (κ3) is 4.48. The largest absolute Gasteiger partial charge is 0.481 e. The summed E-state index contributed by atoms with van der Waals surface area (Å²) in [4.78, 5) is 12.7. The fraction of sp³-hybridized carbons (Fsp3) is 0.136. The third-order valence-electron chi connectivity index (χ3n) is 3.98. The van der Waals surface area contributed by atoms with Crippen LogP contribution in [0.25, 0.3) is 0 Å². The van der Waals surface area contributed by atoms with Crippen molar-refractivity contribution in [2.45, 2.75) is 19.1 Å². The van der Waals surface area contributed by atoms with Crippen LogP contribution in [0.4, 0.5) is 0 Å². The van der Waals surface area contributed by atoms with Gasteiger partial charge in [0.2, 0.25) is 0 Å². The van der Waals surface area contributed by atoms with Crippen LogP contribution >= 0.6 is 0 Å². The van der Waals surface area contributed by atoms with E-state index in [4.69, 9.17) is 4.74 Å². The minimum Gasteiger partial charge on any atom is -0.481 e. The number of amides is 1. The van der Waals surface area contributed by atoms with Crippen molar-refractivity contribution in [1.29, 1.82) is 0 Å². The van der Waals surface area contributed by atoms with Crippen LogP contribution < -0.4 is 10.1 Å². The Morgan fingerprint density at radius 3 is 1.68 bits per heavy atom. The Balaban J connectivity index is 1.77. The quantitative estimate of drug-likeness (QED) is 0.729. The first-order valence-electron chi connectivity index (χ1n) is 8.36. The molecule has 0 aliphatic carbocycles. The molecule has 0 saturated carbocycles. The molecule has 0 aliphatic heterocycles. The number of para-hydroxylation sites is 1. The maximum atomic E-state index is 12.7. The van der Waals surface area contributed by atoms with Crippen LogP contribution in [-0.4, -0.2) is 12.0 Å². The van der Waals surface area contributed by atoms with E-state index in [0.29, 0.717) is 5.75 Å². The second-order valence-electron chi connectivity index (χ2n) is 5.84. The molecule has 1 atom stereocenters. The normalized spacial score (nSPS) is 11.8. The Bertz CT molecular complexity index is 749. The number of hydrogen-bond acceptors (Lipinski definition) is 2. The van der Waals surface area contributed by atoms with Gasteiger partial charge in [-0.15, -0.1) is 0 Å². The highest BCUT2D eigenvalue weighted by atomic mass is 16.5. The first-order valence-corrected chi connectivity index (χ1v) is 8.36. The second-order valence-corrected chi connectivity index (χ2v) is 5.84. The van der Waals surface area contributed by atoms with Crippen LogP contribution in [-0.2, 0) is 4.79 Å². The molecule has 3 nitrogen and oxygen atoms in total. The maximum absolute atomic E-state index is 12.7. The molecule has 25 heavy (non-hydrogen) atoms. The molecule has 0 saturated heterocycles. The van der Waals surface area contributed by atoms with E-state index in [9.17, 15) is 4.79 Å². The van der Waals surface area contributed by atoms with Gasteiger partial charge in [-0.25, -0.2) is 0 Å². The summed E-state index contributed by atoms with van der Waals surface area (Å²) >= 11 is 0. The fourth-order valence-electron chi connectivity index (χ4n) is 2.67. The summed E-state index contributed by atoms with van der Waals surface area (Å²) < 4.78 is 5.74. The van der Waals surface area contributed by atoms with Crippen molar-refractivity contribution in [3.63, 3.8) is 0 Å². The number of benzene rings is 3. The Kier molecular flexibility index (Phi) is 5.47. The SMILES string of the molecule is C[C@H](Oc1ccccc1)C(=O)NC(c1ccccc1)c1ccccc1. The van der Waals surface area contributed by atoms with Crippen LogP contribution in [0.3, 0.4) is 0 Å². The summed E-state index contributed by atoms with van der Waals surface area (Å²) in [5.74, 6) is 0.530. The van der Waals surface area contributed by atoms with Gasteiger partial charge in [0.15, 0.2) is 6.10 Å². The van der Waals surface area contributed by atoms with Gasteiger partial charge in [-0.2, -0.15) is 0 Å². The van der Waals surface area contributed by atoms with Gasteiger partial charge >= 0.3 is 0 Å². The number of carbonyl (C=O) groups is 1. The van der Waals surface area contributed by atoms with Crippen molar-refractivity contribution in [3.05, 3.63) is 102 Å². The predicted molar refractivity (Wildman–Crippen MR) is 99.4 cm³/mol. The van der Waals surface area contributed by atoms with E-state index in [1.54, 1.807) is 6.92 Å². The van der Waals surface area contributed by atoms with Crippen LogP contribution in [0.2, 0.25) is 0 Å². The van der Waals surface area contributed by atoms with E-state index in [2.05, 4.69) is 5.32 Å². The fourth-order valence-corrected chi connectivity index (χ4v) is 2.67. The highest BCUT2D eigenvalue weighted by Gasteiger charge is 2.21. The minimum absolute atomic E-state index is 0.151. The maximum Gasteiger partial charge on any atom is 0.261 e. The first kappa shape index (κ1) is 16.8. The van der Waals surface area contributed by atoms with E-state index in [0.717, 1.165) is 11.1 Å². The summed E-state index contributed by atoms with van der Waals surface area (Å²) in [5.41, 5.74) is 2.07. The van der Waals surface area contributed by atoms with Crippen molar-refractivity contribution in [2.24, 2.45) is 0 Å². The lowest BCUT2D eigenvalue weighted by atomic mass is 9.98. The number of nitrogens with one attached hydrogen (secondary N) is 1. The van der Waals surface area contributed by atoms with Gasteiger partial charge in [-0.05, 0) is 30.2 Å². The van der Waals surface area contributed by atoms with E-state index in [-0.39, 0.29) is 11.9 Å². The molecule has 0 fully saturated rings. The molecule has 0 aliphatic rings. The number of rotatable bonds is 6. The molecule has 0 bridgehead atoms. The monoisotopic (exact) mass is 331 g/mol. The molecule has 0 radical (unpaired) electrons. The van der Waals surface area contributed by atoms with Gasteiger partial charge in [0.25, 0.3) is 5.91 Å². The average Bonchev–Trinajstić information content (AvgIpc) is 2.68. The lowest BCUT2D eigenvalue weighted by Crippen LogP contribution is -2.39. The minimum atomic E-state index is -0.586. The number of ether oxygens (including phenoxy) is 1. The van der Waals surface area contributed by atoms with Gasteiger partial charge < -0.3 is 10.1 Å². The smallest absolute Gasteiger partial charge is 0.261 e. The highest BCUT2D eigenvalue weighted by Crippen LogP contribution is 2.22. The zero-order chi connectivity index (χ0) is 17.5. The number of carbonyl (C=O) groups excluding carboxylic acids is 1. The summed E-state index contributed by atoms with van der Waals surface area (Å²) in [6, 6.07) is 29.0. The zero-order valence-electron chi connectivity index (χ0n) is 14.1. The van der Waals surface area contributed by atoms with Crippen molar-refractivity contribution in [1.82, 2.24) is 5.32 Å². The van der Waals surface area contributed by atoms with Gasteiger partial charge in [-0.1, -0.05) is 78.9 Å². The Morgan fingerprint density at radius 2 is 1.20 bits per heavy atom. The molecule has 3 heteroatoms. The average molecular weight is 331 g/mol. The lowest BCUT2D eigenvalue weighted by molar-refractivity contribution is -0.127. The Morgan fingerprint density at radius 1 is 0.760 bits per heavy atom. The molecule has 3 rings (SSSR count). The molecule has 1 amide bonds. The van der Waals surface area contributed by atoms with E-state index >= 15 is 0 Å². The molecule has 3 aromatic rings. The van der Waals surface area contributed by atoms with E-state index < -0.39 is 6.10 Å². The summed E-state index contributed by atoms with van der Waals surface area (Å²) in [5, 5.41) is 3.11. The first-order chi connectivity index (χ1) is 12.2. The third-order valence-corrected chi connectivity index (χ3v) is 3.98. The van der Waals surface area contributed by atoms with E-state index in [1.165, 1.54) is 0 Å². The van der Waals surface area contributed by atoms with Crippen molar-refractivity contribution < 1.29 is 9.53 Å². The predicted octanol–water partition coefficient (Wildman–Crippen LogP) is 4.36. The van der Waals surface area contributed by atoms with Crippen LogP contribution in [0, 0.1) is 0 Å². The molecule has 0 aromatic heterocycles. The Hall–Kier alpha value is -3.07. The molecule has 0 unspecified atom stereocenters. The molecule has 3 aromatic carbocycles. The van der Waals surface area contributed by atoms with Crippen LogP contribution in [0.5, 0.6) is 5.75 Å². The summed E-state index contributed by atoms with van der Waals surface area (Å²) in [7, 11) is 0. The van der Waals surface area contributed by atoms with Crippen molar-refractivity contribution in [2.75, 3.05) is 0 Å². The molecule has 0 heterocycles. The Labute approximate surface area is 148 Å². The lowest BCUT2D eigenvalue weighted by Gasteiger charge is -2.22. The van der Waals surface area contributed by atoms with Gasteiger partial charge in [-0.3, -0.25) is 4.79 Å². The zero-order valence-corrected chi connectivity index (χ0v) is 14.1. The van der Waals surface area contributed by atoms with Crippen LogP contribution in [0.15, 0.2) is 91.0 Å². The van der Waals surface area contributed by atoms with E-state index in [1.807, 2.05) is 91.0 Å². The molecule has 0 spiro atoms. The topological polar surface area (TPSA) is 38.3 Å². The van der Waals surface area contributed by atoms with Crippen LogP contribution in [0.1, 0.15) is 24.1 Å². The van der Waals surface area contributed by atoms with Crippen molar-refractivity contribution >= 4 is 5.91 Å². The molecule has 1 N–H and O–H groups in total. The second kappa shape index (κ2) is 8.15. The summed E-state index contributed by atoms with van der Waals surface area (Å²) in [6.07, 6.45) is -0.586. The van der Waals surface area contributed by atoms with Gasteiger partial charge in [0.1, 0.15) is 5.75 Å². The summed E-state index contributed by atoms with van der Waals surface area (Å²) in [6.45, 7) is 1.76. The molecular weight excluding hydrogens is 310 g/mol. The standard InChI is InChI=1S/C22H21NO2/c1-17(25-20-15-9-4-10-16-20)22(24)23-21(18-11-5-2-6-12-18)19-13-7-3-8-14-19/h2-17,21H,1H3,(H,23,24)/t17-/m0/s1. The van der Waals surface area contributed by atoms with Gasteiger partial charge in [0, 0.05) is 0 Å². The van der Waals surface area contributed by atoms with Crippen molar-refractivity contribution in [3.8, 4) is 5.75 Å². The molecule has 126 valence electrons. The number of hydrogen-bond donors (Lipinski definition) is 1. The molecular formula is C22H21NO2. The van der Waals surface area contributed by atoms with Gasteiger partial charge in [0.05, 0.1) is 6.04 Å².